The average molecular weight is 320 g/mol. The first-order valence-electron chi connectivity index (χ1n) is 7.83. The fraction of sp³-hybridized carbons (Fsp3) is 0.529. The highest BCUT2D eigenvalue weighted by Gasteiger charge is 2.17. The lowest BCUT2D eigenvalue weighted by Crippen LogP contribution is -2.19. The zero-order valence-corrected chi connectivity index (χ0v) is 13.9. The normalized spacial score (nSPS) is 15.4. The van der Waals surface area contributed by atoms with Gasteiger partial charge in [-0.3, -0.25) is 4.79 Å². The van der Waals surface area contributed by atoms with Gasteiger partial charge < -0.3 is 14.2 Å². The molecule has 0 spiro atoms. The van der Waals surface area contributed by atoms with Gasteiger partial charge in [0.2, 0.25) is 5.75 Å². The molecule has 0 radical (unpaired) electrons. The van der Waals surface area contributed by atoms with Crippen LogP contribution in [0.4, 0.5) is 0 Å². The van der Waals surface area contributed by atoms with Crippen LogP contribution in [0.5, 0.6) is 17.2 Å². The maximum Gasteiger partial charge on any atom is 0.271 e. The van der Waals surface area contributed by atoms with Gasteiger partial charge in [0.1, 0.15) is 0 Å². The Morgan fingerprint density at radius 2 is 1.70 bits per heavy atom. The van der Waals surface area contributed by atoms with Crippen molar-refractivity contribution in [1.82, 2.24) is 5.43 Å². The SMILES string of the molecule is COc1cc(C(=O)N/N=C/C2CCCCC2)cc(OC)c1OC. The molecule has 0 heterocycles. The van der Waals surface area contributed by atoms with E-state index in [1.54, 1.807) is 12.1 Å². The molecule has 2 rings (SSSR count). The number of hydrazone groups is 1. The first kappa shape index (κ1) is 17.1. The molecule has 1 aliphatic carbocycles. The molecule has 1 fully saturated rings. The number of carbonyl (C=O) groups excluding carboxylic acids is 1. The third-order valence-corrected chi connectivity index (χ3v) is 4.03. The average Bonchev–Trinajstić information content (AvgIpc) is 2.61. The standard InChI is InChI=1S/C17H24N2O4/c1-21-14-9-13(10-15(22-2)16(14)23-3)17(20)19-18-11-12-7-5-4-6-8-12/h9-12H,4-8H2,1-3H3,(H,19,20)/b18-11+. The predicted molar refractivity (Wildman–Crippen MR) is 88.6 cm³/mol. The monoisotopic (exact) mass is 320 g/mol. The van der Waals surface area contributed by atoms with E-state index in [-0.39, 0.29) is 5.91 Å². The second-order valence-corrected chi connectivity index (χ2v) is 5.53. The van der Waals surface area contributed by atoms with Gasteiger partial charge in [0.05, 0.1) is 21.3 Å². The summed E-state index contributed by atoms with van der Waals surface area (Å²) >= 11 is 0. The number of hydrogen-bond donors (Lipinski definition) is 1. The number of methoxy groups -OCH3 is 3. The van der Waals surface area contributed by atoms with E-state index in [0.29, 0.717) is 28.7 Å². The number of hydrogen-bond acceptors (Lipinski definition) is 5. The molecule has 0 aliphatic heterocycles. The fourth-order valence-electron chi connectivity index (χ4n) is 2.76. The van der Waals surface area contributed by atoms with Crippen molar-refractivity contribution in [2.24, 2.45) is 11.0 Å². The third kappa shape index (κ3) is 4.37. The summed E-state index contributed by atoms with van der Waals surface area (Å²) in [7, 11) is 4.55. The Morgan fingerprint density at radius 1 is 1.09 bits per heavy atom. The van der Waals surface area contributed by atoms with Gasteiger partial charge in [-0.05, 0) is 30.9 Å². The number of nitrogens with one attached hydrogen (secondary N) is 1. The minimum atomic E-state index is -0.309. The van der Waals surface area contributed by atoms with Crippen molar-refractivity contribution >= 4 is 12.1 Å². The van der Waals surface area contributed by atoms with Crippen molar-refractivity contribution < 1.29 is 19.0 Å². The number of rotatable bonds is 6. The molecule has 0 atom stereocenters. The highest BCUT2D eigenvalue weighted by atomic mass is 16.5. The second kappa shape index (κ2) is 8.41. The number of ether oxygens (including phenoxy) is 3. The molecule has 0 aromatic heterocycles. The molecule has 1 saturated carbocycles. The van der Waals surface area contributed by atoms with Gasteiger partial charge in [0.15, 0.2) is 11.5 Å². The molecule has 6 heteroatoms. The Balaban J connectivity index is 2.07. The number of nitrogens with zero attached hydrogens (tertiary/aromatic N) is 1. The van der Waals surface area contributed by atoms with Crippen LogP contribution in [0.3, 0.4) is 0 Å². The quantitative estimate of drug-likeness (QED) is 0.646. The van der Waals surface area contributed by atoms with E-state index < -0.39 is 0 Å². The van der Waals surface area contributed by atoms with Crippen LogP contribution in [0, 0.1) is 5.92 Å². The van der Waals surface area contributed by atoms with Crippen molar-refractivity contribution in [3.05, 3.63) is 17.7 Å². The van der Waals surface area contributed by atoms with Crippen LogP contribution in [0.25, 0.3) is 0 Å². The Morgan fingerprint density at radius 3 is 2.22 bits per heavy atom. The predicted octanol–water partition coefficient (Wildman–Crippen LogP) is 3.01. The molecule has 1 amide bonds. The smallest absolute Gasteiger partial charge is 0.271 e. The first-order chi connectivity index (χ1) is 11.2. The molecular formula is C17H24N2O4. The second-order valence-electron chi connectivity index (χ2n) is 5.53. The van der Waals surface area contributed by atoms with Crippen LogP contribution >= 0.6 is 0 Å². The van der Waals surface area contributed by atoms with Gasteiger partial charge in [0.25, 0.3) is 5.91 Å². The van der Waals surface area contributed by atoms with Gasteiger partial charge in [-0.15, -0.1) is 0 Å². The zero-order valence-electron chi connectivity index (χ0n) is 13.9. The summed E-state index contributed by atoms with van der Waals surface area (Å²) in [6, 6.07) is 3.21. The van der Waals surface area contributed by atoms with Crippen LogP contribution in [0.15, 0.2) is 17.2 Å². The molecule has 6 nitrogen and oxygen atoms in total. The minimum absolute atomic E-state index is 0.309. The van der Waals surface area contributed by atoms with E-state index in [9.17, 15) is 4.79 Å². The molecule has 0 unspecified atom stereocenters. The van der Waals surface area contributed by atoms with Crippen molar-refractivity contribution in [1.29, 1.82) is 0 Å². The van der Waals surface area contributed by atoms with Crippen LogP contribution < -0.4 is 19.6 Å². The summed E-state index contributed by atoms with van der Waals surface area (Å²) in [4.78, 5) is 12.2. The van der Waals surface area contributed by atoms with Gasteiger partial charge in [-0.2, -0.15) is 5.10 Å². The van der Waals surface area contributed by atoms with Gasteiger partial charge in [-0.25, -0.2) is 5.43 Å². The molecule has 23 heavy (non-hydrogen) atoms. The maximum atomic E-state index is 12.2. The Kier molecular flexibility index (Phi) is 6.26. The molecule has 1 aromatic carbocycles. The lowest BCUT2D eigenvalue weighted by atomic mass is 9.90. The van der Waals surface area contributed by atoms with E-state index in [1.807, 2.05) is 6.21 Å². The molecule has 0 saturated heterocycles. The van der Waals surface area contributed by atoms with E-state index >= 15 is 0 Å². The van der Waals surface area contributed by atoms with Gasteiger partial charge in [-0.1, -0.05) is 19.3 Å². The molecule has 1 N–H and O–H groups in total. The Hall–Kier alpha value is -2.24. The summed E-state index contributed by atoms with van der Waals surface area (Å²) < 4.78 is 15.7. The van der Waals surface area contributed by atoms with Gasteiger partial charge >= 0.3 is 0 Å². The first-order valence-corrected chi connectivity index (χ1v) is 7.83. The zero-order chi connectivity index (χ0) is 16.7. The summed E-state index contributed by atoms with van der Waals surface area (Å²) in [6.45, 7) is 0. The van der Waals surface area contributed by atoms with Crippen molar-refractivity contribution in [2.45, 2.75) is 32.1 Å². The van der Waals surface area contributed by atoms with Crippen molar-refractivity contribution in [3.63, 3.8) is 0 Å². The molecule has 1 aromatic rings. The summed E-state index contributed by atoms with van der Waals surface area (Å²) in [5, 5.41) is 4.09. The summed E-state index contributed by atoms with van der Waals surface area (Å²) in [5.74, 6) is 1.49. The maximum absolute atomic E-state index is 12.2. The van der Waals surface area contributed by atoms with Crippen LogP contribution in [0.2, 0.25) is 0 Å². The summed E-state index contributed by atoms with van der Waals surface area (Å²) in [5.41, 5.74) is 2.97. The third-order valence-electron chi connectivity index (χ3n) is 4.03. The van der Waals surface area contributed by atoms with Crippen LogP contribution in [-0.4, -0.2) is 33.5 Å². The lowest BCUT2D eigenvalue weighted by molar-refractivity contribution is 0.0954. The summed E-state index contributed by atoms with van der Waals surface area (Å²) in [6.07, 6.45) is 7.89. The van der Waals surface area contributed by atoms with E-state index in [1.165, 1.54) is 40.6 Å². The molecule has 126 valence electrons. The lowest BCUT2D eigenvalue weighted by Gasteiger charge is -2.16. The largest absolute Gasteiger partial charge is 0.493 e. The van der Waals surface area contributed by atoms with Crippen LogP contribution in [-0.2, 0) is 0 Å². The topological polar surface area (TPSA) is 69.2 Å². The highest BCUT2D eigenvalue weighted by molar-refractivity contribution is 5.95. The molecular weight excluding hydrogens is 296 g/mol. The fourth-order valence-corrected chi connectivity index (χ4v) is 2.76. The Labute approximate surface area is 136 Å². The van der Waals surface area contributed by atoms with E-state index in [2.05, 4.69) is 10.5 Å². The van der Waals surface area contributed by atoms with E-state index in [4.69, 9.17) is 14.2 Å². The number of carbonyl (C=O) groups is 1. The minimum Gasteiger partial charge on any atom is -0.493 e. The van der Waals surface area contributed by atoms with Crippen LogP contribution in [0.1, 0.15) is 42.5 Å². The highest BCUT2D eigenvalue weighted by Crippen LogP contribution is 2.38. The van der Waals surface area contributed by atoms with E-state index in [0.717, 1.165) is 12.8 Å². The molecule has 1 aliphatic rings. The molecule has 0 bridgehead atoms. The number of amides is 1. The van der Waals surface area contributed by atoms with Crippen molar-refractivity contribution in [3.8, 4) is 17.2 Å². The van der Waals surface area contributed by atoms with Crippen molar-refractivity contribution in [2.75, 3.05) is 21.3 Å². The number of benzene rings is 1. The van der Waals surface area contributed by atoms with Gasteiger partial charge in [0, 0.05) is 11.8 Å². The Bertz CT molecular complexity index is 541.